The van der Waals surface area contributed by atoms with Crippen molar-refractivity contribution in [3.8, 4) is 0 Å². The van der Waals surface area contributed by atoms with Crippen molar-refractivity contribution in [3.63, 3.8) is 0 Å². The highest BCUT2D eigenvalue weighted by Crippen LogP contribution is 2.35. The summed E-state index contributed by atoms with van der Waals surface area (Å²) in [6.45, 7) is 4.70. The quantitative estimate of drug-likeness (QED) is 0.748. The number of likely N-dealkylation sites (tertiary alicyclic amines) is 1. The number of nitrogens with zero attached hydrogens (tertiary/aromatic N) is 1. The molecule has 1 aromatic rings. The Hall–Kier alpha value is -1.35. The highest BCUT2D eigenvalue weighted by atomic mass is 16.5. The normalized spacial score (nSPS) is 29.7. The van der Waals surface area contributed by atoms with E-state index in [4.69, 9.17) is 4.74 Å². The van der Waals surface area contributed by atoms with Crippen LogP contribution in [0.25, 0.3) is 0 Å². The van der Waals surface area contributed by atoms with Gasteiger partial charge in [-0.1, -0.05) is 30.3 Å². The molecule has 96 valence electrons. The molecular formula is C15H19NO2. The van der Waals surface area contributed by atoms with Gasteiger partial charge in [0.15, 0.2) is 0 Å². The second-order valence-corrected chi connectivity index (χ2v) is 5.36. The van der Waals surface area contributed by atoms with E-state index < -0.39 is 0 Å². The van der Waals surface area contributed by atoms with Gasteiger partial charge in [0.25, 0.3) is 0 Å². The molecule has 2 saturated heterocycles. The lowest BCUT2D eigenvalue weighted by Gasteiger charge is -2.24. The minimum absolute atomic E-state index is 0.00834. The number of carbonyl (C=O) groups excluding carboxylic acids is 1. The first kappa shape index (κ1) is 11.7. The molecule has 0 bridgehead atoms. The van der Waals surface area contributed by atoms with Crippen LogP contribution >= 0.6 is 0 Å². The van der Waals surface area contributed by atoms with E-state index in [-0.39, 0.29) is 11.9 Å². The molecule has 1 aromatic carbocycles. The Kier molecular flexibility index (Phi) is 3.08. The number of fused-ring (bicyclic) bond motifs is 1. The van der Waals surface area contributed by atoms with Crippen LogP contribution in [0.5, 0.6) is 0 Å². The monoisotopic (exact) mass is 245 g/mol. The molecule has 0 radical (unpaired) electrons. The highest BCUT2D eigenvalue weighted by Gasteiger charge is 2.42. The van der Waals surface area contributed by atoms with E-state index in [0.717, 1.165) is 19.5 Å². The Morgan fingerprint density at radius 3 is 2.78 bits per heavy atom. The van der Waals surface area contributed by atoms with E-state index in [0.29, 0.717) is 18.6 Å². The SMILES string of the molecule is C[C@@H](c1ccccc1)N1CC2C(=O)OCC[C@H]2C1. The van der Waals surface area contributed by atoms with Crippen molar-refractivity contribution in [3.05, 3.63) is 35.9 Å². The second kappa shape index (κ2) is 4.73. The third-order valence-electron chi connectivity index (χ3n) is 4.33. The first-order chi connectivity index (χ1) is 8.75. The summed E-state index contributed by atoms with van der Waals surface area (Å²) in [4.78, 5) is 14.1. The van der Waals surface area contributed by atoms with E-state index in [1.165, 1.54) is 5.56 Å². The van der Waals surface area contributed by atoms with Crippen LogP contribution in [-0.2, 0) is 9.53 Å². The molecule has 18 heavy (non-hydrogen) atoms. The van der Waals surface area contributed by atoms with Gasteiger partial charge in [-0.15, -0.1) is 0 Å². The standard InChI is InChI=1S/C15H19NO2/c1-11(12-5-3-2-4-6-12)16-9-13-7-8-18-15(17)14(13)10-16/h2-6,11,13-14H,7-10H2,1H3/t11-,13-,14?/m0/s1. The number of benzene rings is 1. The molecule has 3 nitrogen and oxygen atoms in total. The van der Waals surface area contributed by atoms with E-state index >= 15 is 0 Å². The van der Waals surface area contributed by atoms with Crippen molar-refractivity contribution in [2.75, 3.05) is 19.7 Å². The molecule has 0 amide bonds. The van der Waals surface area contributed by atoms with Crippen molar-refractivity contribution in [1.29, 1.82) is 0 Å². The first-order valence-corrected chi connectivity index (χ1v) is 6.71. The minimum Gasteiger partial charge on any atom is -0.465 e. The van der Waals surface area contributed by atoms with Gasteiger partial charge in [-0.25, -0.2) is 0 Å². The average Bonchev–Trinajstić information content (AvgIpc) is 2.84. The summed E-state index contributed by atoms with van der Waals surface area (Å²) < 4.78 is 5.16. The summed E-state index contributed by atoms with van der Waals surface area (Å²) in [5, 5.41) is 0. The molecule has 3 atom stereocenters. The smallest absolute Gasteiger partial charge is 0.310 e. The maximum absolute atomic E-state index is 11.7. The summed E-state index contributed by atoms with van der Waals surface area (Å²) >= 11 is 0. The fraction of sp³-hybridized carbons (Fsp3) is 0.533. The molecule has 3 rings (SSSR count). The number of hydrogen-bond acceptors (Lipinski definition) is 3. The van der Waals surface area contributed by atoms with Crippen molar-refractivity contribution in [2.24, 2.45) is 11.8 Å². The third kappa shape index (κ3) is 2.03. The molecule has 3 heteroatoms. The van der Waals surface area contributed by atoms with Crippen LogP contribution in [0.15, 0.2) is 30.3 Å². The average molecular weight is 245 g/mol. The summed E-state index contributed by atoms with van der Waals surface area (Å²) in [5.41, 5.74) is 1.32. The predicted octanol–water partition coefficient (Wildman–Crippen LogP) is 2.24. The van der Waals surface area contributed by atoms with Crippen LogP contribution in [0.3, 0.4) is 0 Å². The maximum Gasteiger partial charge on any atom is 0.310 e. The van der Waals surface area contributed by atoms with Crippen molar-refractivity contribution in [2.45, 2.75) is 19.4 Å². The fourth-order valence-electron chi connectivity index (χ4n) is 3.14. The zero-order chi connectivity index (χ0) is 12.5. The van der Waals surface area contributed by atoms with E-state index in [1.54, 1.807) is 0 Å². The van der Waals surface area contributed by atoms with E-state index in [1.807, 2.05) is 6.07 Å². The van der Waals surface area contributed by atoms with E-state index in [2.05, 4.69) is 36.1 Å². The molecule has 2 heterocycles. The molecule has 2 aliphatic rings. The number of cyclic esters (lactones) is 1. The molecule has 0 aliphatic carbocycles. The van der Waals surface area contributed by atoms with Gasteiger partial charge in [-0.3, -0.25) is 9.69 Å². The number of rotatable bonds is 2. The molecule has 0 spiro atoms. The van der Waals surface area contributed by atoms with Gasteiger partial charge in [0.1, 0.15) is 0 Å². The maximum atomic E-state index is 11.7. The van der Waals surface area contributed by atoms with Gasteiger partial charge < -0.3 is 4.74 Å². The number of hydrogen-bond donors (Lipinski definition) is 0. The van der Waals surface area contributed by atoms with Gasteiger partial charge in [0.05, 0.1) is 12.5 Å². The van der Waals surface area contributed by atoms with Crippen LogP contribution in [0, 0.1) is 11.8 Å². The van der Waals surface area contributed by atoms with Crippen molar-refractivity contribution in [1.82, 2.24) is 4.90 Å². The van der Waals surface area contributed by atoms with Crippen molar-refractivity contribution < 1.29 is 9.53 Å². The van der Waals surface area contributed by atoms with Gasteiger partial charge in [0.2, 0.25) is 0 Å². The minimum atomic E-state index is 0.00834. The summed E-state index contributed by atoms with van der Waals surface area (Å²) in [7, 11) is 0. The lowest BCUT2D eigenvalue weighted by atomic mass is 9.91. The first-order valence-electron chi connectivity index (χ1n) is 6.71. The number of carbonyl (C=O) groups is 1. The van der Waals surface area contributed by atoms with Gasteiger partial charge in [-0.05, 0) is 24.8 Å². The molecule has 0 aromatic heterocycles. The van der Waals surface area contributed by atoms with Crippen LogP contribution in [0.1, 0.15) is 24.9 Å². The Balaban J connectivity index is 1.73. The molecule has 0 saturated carbocycles. The van der Waals surface area contributed by atoms with Crippen molar-refractivity contribution >= 4 is 5.97 Å². The number of esters is 1. The molecule has 1 unspecified atom stereocenters. The molecular weight excluding hydrogens is 226 g/mol. The van der Waals surface area contributed by atoms with Crippen LogP contribution < -0.4 is 0 Å². The summed E-state index contributed by atoms with van der Waals surface area (Å²) in [5.74, 6) is 0.608. The summed E-state index contributed by atoms with van der Waals surface area (Å²) in [6, 6.07) is 10.9. The zero-order valence-electron chi connectivity index (χ0n) is 10.7. The topological polar surface area (TPSA) is 29.5 Å². The molecule has 2 fully saturated rings. The van der Waals surface area contributed by atoms with E-state index in [9.17, 15) is 4.79 Å². The van der Waals surface area contributed by atoms with Gasteiger partial charge in [0, 0.05) is 19.1 Å². The second-order valence-electron chi connectivity index (χ2n) is 5.36. The van der Waals surface area contributed by atoms with Crippen LogP contribution in [-0.4, -0.2) is 30.6 Å². The highest BCUT2D eigenvalue weighted by molar-refractivity contribution is 5.74. The lowest BCUT2D eigenvalue weighted by Crippen LogP contribution is -2.31. The Morgan fingerprint density at radius 1 is 1.28 bits per heavy atom. The van der Waals surface area contributed by atoms with Crippen LogP contribution in [0.2, 0.25) is 0 Å². The lowest BCUT2D eigenvalue weighted by molar-refractivity contribution is -0.154. The van der Waals surface area contributed by atoms with Gasteiger partial charge in [-0.2, -0.15) is 0 Å². The van der Waals surface area contributed by atoms with Gasteiger partial charge >= 0.3 is 5.97 Å². The largest absolute Gasteiger partial charge is 0.465 e. The third-order valence-corrected chi connectivity index (χ3v) is 4.33. The van der Waals surface area contributed by atoms with Crippen LogP contribution in [0.4, 0.5) is 0 Å². The predicted molar refractivity (Wildman–Crippen MR) is 69.0 cm³/mol. The Labute approximate surface area is 108 Å². The fourth-order valence-corrected chi connectivity index (χ4v) is 3.14. The zero-order valence-corrected chi connectivity index (χ0v) is 10.7. The summed E-state index contributed by atoms with van der Waals surface area (Å²) in [6.07, 6.45) is 1.02. The molecule has 0 N–H and O–H groups in total. The molecule has 2 aliphatic heterocycles. The Morgan fingerprint density at radius 2 is 2.06 bits per heavy atom. The number of ether oxygens (including phenoxy) is 1. The Bertz CT molecular complexity index is 431.